The molecule has 0 radical (unpaired) electrons. The fourth-order valence-corrected chi connectivity index (χ4v) is 8.54. The molecule has 4 aliphatic heterocycles. The topological polar surface area (TPSA) is 121 Å². The number of amides is 2. The van der Waals surface area contributed by atoms with Gasteiger partial charge in [-0.1, -0.05) is 13.0 Å². The third-order valence-corrected chi connectivity index (χ3v) is 10.8. The highest BCUT2D eigenvalue weighted by atomic mass is 19.1. The number of aromatic nitrogens is 3. The fraction of sp³-hybridized carbons (Fsp3) is 0.457. The SMILES string of the molecule is CCc1c(F)ccc2cc(O)cc(-c3ncc4c(N5CCCC6(CC(=O)NC6=O)C5)nc(OCC56CCCN5CCC6)nc4c3F)c12. The van der Waals surface area contributed by atoms with Gasteiger partial charge in [0.1, 0.15) is 35.2 Å². The van der Waals surface area contributed by atoms with E-state index in [1.165, 1.54) is 24.4 Å². The molecule has 47 heavy (non-hydrogen) atoms. The first-order valence-corrected chi connectivity index (χ1v) is 16.5. The van der Waals surface area contributed by atoms with E-state index in [9.17, 15) is 19.1 Å². The first-order chi connectivity index (χ1) is 22.7. The number of fused-ring (bicyclic) bond motifs is 3. The summed E-state index contributed by atoms with van der Waals surface area (Å²) in [7, 11) is 0. The Morgan fingerprint density at radius 2 is 1.83 bits per heavy atom. The van der Waals surface area contributed by atoms with Gasteiger partial charge in [-0.15, -0.1) is 0 Å². The van der Waals surface area contributed by atoms with E-state index in [0.29, 0.717) is 60.0 Å². The quantitative estimate of drug-likeness (QED) is 0.279. The Labute approximate surface area is 270 Å². The Balaban J connectivity index is 1.28. The van der Waals surface area contributed by atoms with Crippen molar-refractivity contribution in [1.29, 1.82) is 0 Å². The Hall–Kier alpha value is -4.45. The first-order valence-electron chi connectivity index (χ1n) is 16.5. The predicted octanol–water partition coefficient (Wildman–Crippen LogP) is 5.03. The molecule has 2 N–H and O–H groups in total. The van der Waals surface area contributed by atoms with Crippen molar-refractivity contribution in [1.82, 2.24) is 25.2 Å². The van der Waals surface area contributed by atoms with Gasteiger partial charge in [-0.25, -0.2) is 8.78 Å². The zero-order valence-corrected chi connectivity index (χ0v) is 26.2. The highest BCUT2D eigenvalue weighted by Gasteiger charge is 2.50. The molecule has 1 unspecified atom stereocenters. The van der Waals surface area contributed by atoms with Crippen LogP contribution in [-0.2, 0) is 16.0 Å². The number of piperidine rings is 1. The smallest absolute Gasteiger partial charge is 0.319 e. The predicted molar refractivity (Wildman–Crippen MR) is 171 cm³/mol. The number of carbonyl (C=O) groups excluding carboxylic acids is 2. The molecule has 2 amide bonds. The van der Waals surface area contributed by atoms with Crippen LogP contribution in [0.25, 0.3) is 32.9 Å². The number of nitrogens with one attached hydrogen (secondary N) is 1. The Morgan fingerprint density at radius 3 is 2.57 bits per heavy atom. The van der Waals surface area contributed by atoms with Crippen LogP contribution in [0.4, 0.5) is 14.6 Å². The minimum Gasteiger partial charge on any atom is -0.508 e. The van der Waals surface area contributed by atoms with Gasteiger partial charge < -0.3 is 14.7 Å². The number of aryl methyl sites for hydroxylation is 1. The van der Waals surface area contributed by atoms with Crippen LogP contribution in [0.2, 0.25) is 0 Å². The summed E-state index contributed by atoms with van der Waals surface area (Å²) in [4.78, 5) is 43.5. The molecule has 1 atom stereocenters. The average molecular weight is 643 g/mol. The van der Waals surface area contributed by atoms with Gasteiger partial charge in [0.2, 0.25) is 11.8 Å². The molecule has 6 heterocycles. The minimum absolute atomic E-state index is 0.0179. The van der Waals surface area contributed by atoms with Crippen molar-refractivity contribution >= 4 is 39.3 Å². The van der Waals surface area contributed by atoms with Crippen LogP contribution >= 0.6 is 0 Å². The van der Waals surface area contributed by atoms with E-state index in [-0.39, 0.29) is 58.9 Å². The number of imide groups is 1. The third-order valence-electron chi connectivity index (χ3n) is 10.8. The van der Waals surface area contributed by atoms with Crippen molar-refractivity contribution in [3.8, 4) is 23.0 Å². The van der Waals surface area contributed by atoms with Crippen molar-refractivity contribution in [3.05, 3.63) is 47.7 Å². The summed E-state index contributed by atoms with van der Waals surface area (Å²) in [5, 5.41) is 14.4. The van der Waals surface area contributed by atoms with E-state index in [0.717, 1.165) is 38.8 Å². The maximum atomic E-state index is 16.9. The fourth-order valence-electron chi connectivity index (χ4n) is 8.54. The van der Waals surface area contributed by atoms with Crippen LogP contribution in [0, 0.1) is 17.0 Å². The van der Waals surface area contributed by atoms with Gasteiger partial charge in [0.05, 0.1) is 16.3 Å². The van der Waals surface area contributed by atoms with Gasteiger partial charge >= 0.3 is 6.01 Å². The molecule has 4 aliphatic rings. The number of halogens is 2. The number of phenols is 1. The summed E-state index contributed by atoms with van der Waals surface area (Å²) in [5.74, 6) is -1.50. The number of pyridine rings is 1. The number of carbonyl (C=O) groups is 2. The standard InChI is InChI=1S/C35H36F2N6O4/c1-2-22-25(36)7-6-20-14-21(44)15-23(27(20)22)29-28(37)30-24(17-38-29)31(42-11-3-8-34(18-42)16-26(45)39-32(34)46)41-33(40-30)47-19-35-9-4-12-43(35)13-5-10-35/h6-7,14-15,17,44H,2-5,8-13,16,18-19H2,1H3,(H,39,45,46). The zero-order valence-electron chi connectivity index (χ0n) is 26.2. The number of hydrogen-bond acceptors (Lipinski definition) is 9. The lowest BCUT2D eigenvalue weighted by Crippen LogP contribution is -2.47. The number of anilines is 1. The summed E-state index contributed by atoms with van der Waals surface area (Å²) in [5.41, 5.74) is -0.456. The highest BCUT2D eigenvalue weighted by molar-refractivity contribution is 6.06. The summed E-state index contributed by atoms with van der Waals surface area (Å²) in [6.07, 6.45) is 7.32. The maximum Gasteiger partial charge on any atom is 0.319 e. The maximum absolute atomic E-state index is 16.9. The van der Waals surface area contributed by atoms with Gasteiger partial charge in [-0.3, -0.25) is 24.8 Å². The second-order valence-electron chi connectivity index (χ2n) is 13.6. The number of ether oxygens (including phenoxy) is 1. The molecule has 0 aliphatic carbocycles. The summed E-state index contributed by atoms with van der Waals surface area (Å²) >= 11 is 0. The lowest BCUT2D eigenvalue weighted by molar-refractivity contribution is -0.128. The minimum atomic E-state index is -0.895. The largest absolute Gasteiger partial charge is 0.508 e. The summed E-state index contributed by atoms with van der Waals surface area (Å²) < 4.78 is 38.2. The molecule has 10 nitrogen and oxygen atoms in total. The zero-order chi connectivity index (χ0) is 32.5. The van der Waals surface area contributed by atoms with Gasteiger partial charge in [-0.2, -0.15) is 9.97 Å². The van der Waals surface area contributed by atoms with Crippen LogP contribution in [0.3, 0.4) is 0 Å². The Morgan fingerprint density at radius 1 is 1.04 bits per heavy atom. The number of nitrogens with zero attached hydrogens (tertiary/aromatic N) is 5. The summed E-state index contributed by atoms with van der Waals surface area (Å²) in [6, 6.07) is 5.84. The van der Waals surface area contributed by atoms with Crippen molar-refractivity contribution in [3.63, 3.8) is 0 Å². The molecular weight excluding hydrogens is 606 g/mol. The third kappa shape index (κ3) is 4.78. The van der Waals surface area contributed by atoms with E-state index < -0.39 is 17.0 Å². The van der Waals surface area contributed by atoms with E-state index in [4.69, 9.17) is 9.72 Å². The number of hydrogen-bond donors (Lipinski definition) is 2. The van der Waals surface area contributed by atoms with Gasteiger partial charge in [0, 0.05) is 31.3 Å². The molecule has 0 bridgehead atoms. The molecule has 4 saturated heterocycles. The van der Waals surface area contributed by atoms with E-state index in [2.05, 4.69) is 20.2 Å². The highest BCUT2D eigenvalue weighted by Crippen LogP contribution is 2.43. The second kappa shape index (κ2) is 11.1. The monoisotopic (exact) mass is 642 g/mol. The van der Waals surface area contributed by atoms with Crippen LogP contribution in [0.15, 0.2) is 30.5 Å². The molecule has 2 aromatic carbocycles. The van der Waals surface area contributed by atoms with Crippen LogP contribution in [0.1, 0.15) is 57.4 Å². The van der Waals surface area contributed by atoms with Crippen LogP contribution < -0.4 is 15.0 Å². The molecule has 0 saturated carbocycles. The van der Waals surface area contributed by atoms with Gasteiger partial charge in [0.15, 0.2) is 5.82 Å². The van der Waals surface area contributed by atoms with E-state index in [1.807, 2.05) is 11.8 Å². The van der Waals surface area contributed by atoms with Crippen molar-refractivity contribution in [2.24, 2.45) is 5.41 Å². The molecule has 4 aromatic rings. The first kappa shape index (κ1) is 29.9. The average Bonchev–Trinajstić information content (AvgIpc) is 3.72. The second-order valence-corrected chi connectivity index (χ2v) is 13.6. The van der Waals surface area contributed by atoms with Crippen LogP contribution in [0.5, 0.6) is 11.8 Å². The molecule has 8 rings (SSSR count). The normalized spacial score (nSPS) is 22.5. The Kier molecular flexibility index (Phi) is 7.05. The molecule has 2 aromatic heterocycles. The van der Waals surface area contributed by atoms with Gasteiger partial charge in [-0.05, 0) is 92.6 Å². The molecule has 12 heteroatoms. The van der Waals surface area contributed by atoms with E-state index in [1.54, 1.807) is 6.07 Å². The Bertz CT molecular complexity index is 1960. The lowest BCUT2D eigenvalue weighted by Gasteiger charge is -2.39. The van der Waals surface area contributed by atoms with Crippen molar-refractivity contribution < 1.29 is 28.2 Å². The van der Waals surface area contributed by atoms with Crippen molar-refractivity contribution in [2.45, 2.75) is 63.8 Å². The molecule has 1 spiro atoms. The molecule has 244 valence electrons. The molecule has 4 fully saturated rings. The number of phenolic OH excluding ortho intramolecular Hbond substituents is 1. The number of benzene rings is 2. The van der Waals surface area contributed by atoms with E-state index >= 15 is 4.39 Å². The number of rotatable bonds is 6. The molecular formula is C35H36F2N6O4. The number of aromatic hydroxyl groups is 1. The van der Waals surface area contributed by atoms with Crippen LogP contribution in [-0.4, -0.2) is 75.1 Å². The summed E-state index contributed by atoms with van der Waals surface area (Å²) in [6.45, 7) is 4.99. The van der Waals surface area contributed by atoms with Gasteiger partial charge in [0.25, 0.3) is 0 Å². The van der Waals surface area contributed by atoms with Crippen molar-refractivity contribution in [2.75, 3.05) is 37.7 Å². The lowest BCUT2D eigenvalue weighted by atomic mass is 9.78.